The van der Waals surface area contributed by atoms with E-state index in [0.717, 1.165) is 22.1 Å². The van der Waals surface area contributed by atoms with Crippen LogP contribution in [0.5, 0.6) is 5.75 Å². The molecule has 146 valence electrons. The van der Waals surface area contributed by atoms with Crippen molar-refractivity contribution in [3.8, 4) is 5.75 Å². The van der Waals surface area contributed by atoms with Gasteiger partial charge in [-0.2, -0.15) is 0 Å². The lowest BCUT2D eigenvalue weighted by molar-refractivity contribution is 0.0785. The number of primary sulfonamides is 1. The molecule has 0 fully saturated rings. The molecule has 0 atom stereocenters. The van der Waals surface area contributed by atoms with Gasteiger partial charge in [-0.05, 0) is 52.7 Å². The highest BCUT2D eigenvalue weighted by Crippen LogP contribution is 2.24. The molecule has 28 heavy (non-hydrogen) atoms. The highest BCUT2D eigenvalue weighted by Gasteiger charge is 2.18. The van der Waals surface area contributed by atoms with Crippen LogP contribution in [0.25, 0.3) is 10.8 Å². The number of nitrogens with zero attached hydrogens (tertiary/aromatic N) is 1. The van der Waals surface area contributed by atoms with E-state index < -0.39 is 10.0 Å². The minimum absolute atomic E-state index is 0.0216. The van der Waals surface area contributed by atoms with E-state index in [0.29, 0.717) is 6.54 Å². The Hall–Kier alpha value is -2.61. The van der Waals surface area contributed by atoms with Crippen LogP contribution in [0.1, 0.15) is 15.9 Å². The standard InChI is InChI=1S/C20H19ClN2O4S/c1-23(20(24)16-6-8-18(21)19(11-16)28(22,25)26)12-13-3-4-15-10-17(27-2)7-5-14(15)9-13/h3-11H,12H2,1-2H3,(H2,22,25,26). The van der Waals surface area contributed by atoms with Gasteiger partial charge in [0.05, 0.1) is 12.1 Å². The van der Waals surface area contributed by atoms with Crippen LogP contribution in [0.4, 0.5) is 0 Å². The summed E-state index contributed by atoms with van der Waals surface area (Å²) in [6, 6.07) is 15.7. The predicted octanol–water partition coefficient (Wildman–Crippen LogP) is 3.42. The topological polar surface area (TPSA) is 89.7 Å². The first-order valence-electron chi connectivity index (χ1n) is 8.33. The van der Waals surface area contributed by atoms with Crippen LogP contribution < -0.4 is 9.88 Å². The molecule has 0 aromatic heterocycles. The summed E-state index contributed by atoms with van der Waals surface area (Å²) >= 11 is 5.88. The van der Waals surface area contributed by atoms with Crippen molar-refractivity contribution in [2.75, 3.05) is 14.2 Å². The van der Waals surface area contributed by atoms with E-state index in [2.05, 4.69) is 0 Å². The number of halogens is 1. The fourth-order valence-corrected chi connectivity index (χ4v) is 3.99. The minimum Gasteiger partial charge on any atom is -0.497 e. The number of methoxy groups -OCH3 is 1. The number of sulfonamides is 1. The second-order valence-corrected chi connectivity index (χ2v) is 8.34. The van der Waals surface area contributed by atoms with Gasteiger partial charge >= 0.3 is 0 Å². The molecule has 0 radical (unpaired) electrons. The van der Waals surface area contributed by atoms with Crippen molar-refractivity contribution in [2.45, 2.75) is 11.4 Å². The van der Waals surface area contributed by atoms with E-state index in [1.807, 2.05) is 36.4 Å². The van der Waals surface area contributed by atoms with Crippen molar-refractivity contribution >= 4 is 38.3 Å². The summed E-state index contributed by atoms with van der Waals surface area (Å²) in [7, 11) is -0.753. The van der Waals surface area contributed by atoms with E-state index >= 15 is 0 Å². The summed E-state index contributed by atoms with van der Waals surface area (Å²) in [5.74, 6) is 0.442. The van der Waals surface area contributed by atoms with E-state index in [-0.39, 0.29) is 21.4 Å². The SMILES string of the molecule is COc1ccc2cc(CN(C)C(=O)c3ccc(Cl)c(S(N)(=O)=O)c3)ccc2c1. The first kappa shape index (κ1) is 20.1. The maximum Gasteiger partial charge on any atom is 0.253 e. The summed E-state index contributed by atoms with van der Waals surface area (Å²) in [5, 5.41) is 7.20. The lowest BCUT2D eigenvalue weighted by atomic mass is 10.1. The molecule has 3 aromatic carbocycles. The van der Waals surface area contributed by atoms with Gasteiger partial charge in [0.15, 0.2) is 0 Å². The maximum absolute atomic E-state index is 12.7. The quantitative estimate of drug-likeness (QED) is 0.687. The second kappa shape index (κ2) is 7.79. The number of hydrogen-bond acceptors (Lipinski definition) is 4. The molecule has 0 saturated carbocycles. The van der Waals surface area contributed by atoms with Gasteiger partial charge in [0.25, 0.3) is 5.91 Å². The fourth-order valence-electron chi connectivity index (χ4n) is 2.92. The number of benzene rings is 3. The first-order valence-corrected chi connectivity index (χ1v) is 10.3. The van der Waals surface area contributed by atoms with Crippen LogP contribution in [-0.4, -0.2) is 33.4 Å². The van der Waals surface area contributed by atoms with Crippen molar-refractivity contribution in [1.82, 2.24) is 4.90 Å². The molecular formula is C20H19ClN2O4S. The molecule has 0 bridgehead atoms. The van der Waals surface area contributed by atoms with Crippen LogP contribution >= 0.6 is 11.6 Å². The van der Waals surface area contributed by atoms with Crippen molar-refractivity contribution < 1.29 is 17.9 Å². The van der Waals surface area contributed by atoms with Crippen LogP contribution in [0.3, 0.4) is 0 Å². The molecule has 3 rings (SSSR count). The summed E-state index contributed by atoms with van der Waals surface area (Å²) < 4.78 is 28.5. The molecule has 0 aliphatic rings. The van der Waals surface area contributed by atoms with Gasteiger partial charge < -0.3 is 9.64 Å². The van der Waals surface area contributed by atoms with Crippen LogP contribution in [0, 0.1) is 0 Å². The molecule has 0 aliphatic carbocycles. The number of rotatable bonds is 5. The zero-order chi connectivity index (χ0) is 20.5. The zero-order valence-corrected chi connectivity index (χ0v) is 16.9. The Morgan fingerprint density at radius 2 is 1.75 bits per heavy atom. The number of carbonyl (C=O) groups excluding carboxylic acids is 1. The fraction of sp³-hybridized carbons (Fsp3) is 0.150. The Morgan fingerprint density at radius 3 is 2.43 bits per heavy atom. The Kier molecular flexibility index (Phi) is 5.60. The largest absolute Gasteiger partial charge is 0.497 e. The normalized spacial score (nSPS) is 11.4. The third-order valence-electron chi connectivity index (χ3n) is 4.36. The van der Waals surface area contributed by atoms with Gasteiger partial charge in [-0.3, -0.25) is 4.79 Å². The highest BCUT2D eigenvalue weighted by atomic mass is 35.5. The lowest BCUT2D eigenvalue weighted by Crippen LogP contribution is -2.26. The summed E-state index contributed by atoms with van der Waals surface area (Å²) in [5.41, 5.74) is 1.13. The number of nitrogens with two attached hydrogens (primary N) is 1. The number of amides is 1. The zero-order valence-electron chi connectivity index (χ0n) is 15.3. The number of hydrogen-bond donors (Lipinski definition) is 1. The van der Waals surface area contributed by atoms with Crippen LogP contribution in [0.15, 0.2) is 59.5 Å². The second-order valence-electron chi connectivity index (χ2n) is 6.40. The molecule has 0 heterocycles. The van der Waals surface area contributed by atoms with Gasteiger partial charge in [-0.25, -0.2) is 13.6 Å². The van der Waals surface area contributed by atoms with Crippen molar-refractivity contribution in [2.24, 2.45) is 5.14 Å². The molecule has 8 heteroatoms. The van der Waals surface area contributed by atoms with Gasteiger partial charge in [-0.1, -0.05) is 29.8 Å². The Morgan fingerprint density at radius 1 is 1.07 bits per heavy atom. The van der Waals surface area contributed by atoms with Crippen LogP contribution in [-0.2, 0) is 16.6 Å². The average Bonchev–Trinajstić information content (AvgIpc) is 2.66. The minimum atomic E-state index is -4.02. The van der Waals surface area contributed by atoms with E-state index in [1.54, 1.807) is 14.2 Å². The Bertz CT molecular complexity index is 1160. The summed E-state index contributed by atoms with van der Waals surface area (Å²) in [4.78, 5) is 13.9. The highest BCUT2D eigenvalue weighted by molar-refractivity contribution is 7.89. The summed E-state index contributed by atoms with van der Waals surface area (Å²) in [6.07, 6.45) is 0. The smallest absolute Gasteiger partial charge is 0.253 e. The van der Waals surface area contributed by atoms with Gasteiger partial charge in [0.2, 0.25) is 10.0 Å². The Labute approximate surface area is 168 Å². The van der Waals surface area contributed by atoms with Crippen molar-refractivity contribution in [3.63, 3.8) is 0 Å². The molecule has 0 aliphatic heterocycles. The third kappa shape index (κ3) is 4.27. The van der Waals surface area contributed by atoms with Crippen molar-refractivity contribution in [1.29, 1.82) is 0 Å². The van der Waals surface area contributed by atoms with E-state index in [1.165, 1.54) is 23.1 Å². The van der Waals surface area contributed by atoms with Gasteiger partial charge in [0, 0.05) is 19.2 Å². The number of ether oxygens (including phenoxy) is 1. The lowest BCUT2D eigenvalue weighted by Gasteiger charge is -2.18. The molecule has 0 saturated heterocycles. The molecule has 3 aromatic rings. The maximum atomic E-state index is 12.7. The van der Waals surface area contributed by atoms with Crippen LogP contribution in [0.2, 0.25) is 5.02 Å². The molecule has 1 amide bonds. The molecule has 0 unspecified atom stereocenters. The Balaban J connectivity index is 1.84. The average molecular weight is 419 g/mol. The number of fused-ring (bicyclic) bond motifs is 1. The van der Waals surface area contributed by atoms with E-state index in [4.69, 9.17) is 21.5 Å². The molecule has 2 N–H and O–H groups in total. The summed E-state index contributed by atoms with van der Waals surface area (Å²) in [6.45, 7) is 0.355. The molecular weight excluding hydrogens is 400 g/mol. The molecule has 6 nitrogen and oxygen atoms in total. The number of carbonyl (C=O) groups is 1. The monoisotopic (exact) mass is 418 g/mol. The van der Waals surface area contributed by atoms with Gasteiger partial charge in [0.1, 0.15) is 10.6 Å². The van der Waals surface area contributed by atoms with Crippen molar-refractivity contribution in [3.05, 3.63) is 70.7 Å². The molecule has 0 spiro atoms. The first-order chi connectivity index (χ1) is 13.2. The van der Waals surface area contributed by atoms with E-state index in [9.17, 15) is 13.2 Å². The predicted molar refractivity (Wildman–Crippen MR) is 109 cm³/mol. The van der Waals surface area contributed by atoms with Gasteiger partial charge in [-0.15, -0.1) is 0 Å². The third-order valence-corrected chi connectivity index (χ3v) is 5.76.